The monoisotopic (exact) mass is 312 g/mol. The van der Waals surface area contributed by atoms with Gasteiger partial charge in [0.25, 0.3) is 0 Å². The Balaban J connectivity index is 2.17. The molecule has 1 saturated carbocycles. The van der Waals surface area contributed by atoms with Crippen LogP contribution in [0.15, 0.2) is 0 Å². The van der Waals surface area contributed by atoms with Gasteiger partial charge in [0, 0.05) is 12.5 Å². The normalized spacial score (nSPS) is 21.8. The molecule has 1 aliphatic rings. The maximum atomic E-state index is 12.0. The number of carbonyl (C=O) groups excluding carboxylic acids is 1. The van der Waals surface area contributed by atoms with E-state index in [1.54, 1.807) is 0 Å². The standard InChI is InChI=1S/C17H32N2O3/c1-3-11-19(12-4-2)13-5-6-16(20)18-15-9-7-14(8-10-15)17(21)22/h14-15H,3-13H2,1-2H3,(H,18,20)(H,21,22). The van der Waals surface area contributed by atoms with Gasteiger partial charge < -0.3 is 15.3 Å². The molecule has 0 aromatic rings. The molecule has 0 spiro atoms. The van der Waals surface area contributed by atoms with Crippen molar-refractivity contribution in [2.45, 2.75) is 71.3 Å². The topological polar surface area (TPSA) is 69.6 Å². The van der Waals surface area contributed by atoms with Crippen molar-refractivity contribution < 1.29 is 14.7 Å². The van der Waals surface area contributed by atoms with Crippen LogP contribution in [0.4, 0.5) is 0 Å². The number of nitrogens with one attached hydrogen (secondary N) is 1. The Morgan fingerprint density at radius 1 is 1.05 bits per heavy atom. The summed E-state index contributed by atoms with van der Waals surface area (Å²) in [7, 11) is 0. The van der Waals surface area contributed by atoms with Gasteiger partial charge in [0.1, 0.15) is 0 Å². The lowest BCUT2D eigenvalue weighted by atomic mass is 9.86. The molecule has 0 bridgehead atoms. The summed E-state index contributed by atoms with van der Waals surface area (Å²) in [5, 5.41) is 12.0. The van der Waals surface area contributed by atoms with Crippen LogP contribution in [0.3, 0.4) is 0 Å². The highest BCUT2D eigenvalue weighted by atomic mass is 16.4. The first-order valence-electron chi connectivity index (χ1n) is 8.81. The molecule has 1 rings (SSSR count). The maximum Gasteiger partial charge on any atom is 0.306 e. The molecule has 0 saturated heterocycles. The fourth-order valence-corrected chi connectivity index (χ4v) is 3.22. The molecule has 0 heterocycles. The van der Waals surface area contributed by atoms with Gasteiger partial charge in [0.15, 0.2) is 0 Å². The van der Waals surface area contributed by atoms with Crippen LogP contribution in [-0.2, 0) is 9.59 Å². The average Bonchev–Trinajstić information content (AvgIpc) is 2.48. The van der Waals surface area contributed by atoms with Crippen LogP contribution in [0.1, 0.15) is 65.2 Å². The summed E-state index contributed by atoms with van der Waals surface area (Å²) in [5.41, 5.74) is 0. The molecule has 0 radical (unpaired) electrons. The molecule has 1 aliphatic carbocycles. The Hall–Kier alpha value is -1.10. The van der Waals surface area contributed by atoms with Crippen LogP contribution < -0.4 is 5.32 Å². The molecule has 0 aromatic heterocycles. The SMILES string of the molecule is CCCN(CCC)CCCC(=O)NC1CCC(C(=O)O)CC1. The van der Waals surface area contributed by atoms with Crippen molar-refractivity contribution in [1.82, 2.24) is 10.2 Å². The second kappa shape index (κ2) is 10.6. The van der Waals surface area contributed by atoms with E-state index in [-0.39, 0.29) is 17.9 Å². The number of hydrogen-bond donors (Lipinski definition) is 2. The Labute approximate surface area is 134 Å². The van der Waals surface area contributed by atoms with Gasteiger partial charge in [-0.05, 0) is 64.6 Å². The first-order chi connectivity index (χ1) is 10.6. The van der Waals surface area contributed by atoms with Gasteiger partial charge in [-0.2, -0.15) is 0 Å². The molecular weight excluding hydrogens is 280 g/mol. The molecule has 2 N–H and O–H groups in total. The number of carboxylic acid groups (broad SMARTS) is 1. The van der Waals surface area contributed by atoms with E-state index in [1.807, 2.05) is 0 Å². The lowest BCUT2D eigenvalue weighted by molar-refractivity contribution is -0.142. The zero-order chi connectivity index (χ0) is 16.4. The number of carbonyl (C=O) groups is 2. The zero-order valence-electron chi connectivity index (χ0n) is 14.1. The first kappa shape index (κ1) is 18.9. The summed E-state index contributed by atoms with van der Waals surface area (Å²) in [5.74, 6) is -0.798. The third-order valence-corrected chi connectivity index (χ3v) is 4.40. The predicted octanol–water partition coefficient (Wildman–Crippen LogP) is 2.65. The van der Waals surface area contributed by atoms with E-state index in [0.717, 1.165) is 51.7 Å². The lowest BCUT2D eigenvalue weighted by Crippen LogP contribution is -2.39. The van der Waals surface area contributed by atoms with Gasteiger partial charge in [-0.3, -0.25) is 9.59 Å². The largest absolute Gasteiger partial charge is 0.481 e. The molecule has 0 atom stereocenters. The smallest absolute Gasteiger partial charge is 0.306 e. The molecule has 5 heteroatoms. The Morgan fingerprint density at radius 3 is 2.14 bits per heavy atom. The summed E-state index contributed by atoms with van der Waals surface area (Å²) >= 11 is 0. The number of rotatable bonds is 10. The second-order valence-corrected chi connectivity index (χ2v) is 6.40. The zero-order valence-corrected chi connectivity index (χ0v) is 14.1. The van der Waals surface area contributed by atoms with E-state index in [1.165, 1.54) is 0 Å². The third kappa shape index (κ3) is 7.25. The maximum absolute atomic E-state index is 12.0. The van der Waals surface area contributed by atoms with Gasteiger partial charge in [0.05, 0.1) is 5.92 Å². The van der Waals surface area contributed by atoms with Crippen molar-refractivity contribution in [3.05, 3.63) is 0 Å². The first-order valence-corrected chi connectivity index (χ1v) is 8.81. The number of nitrogens with zero attached hydrogens (tertiary/aromatic N) is 1. The van der Waals surface area contributed by atoms with Gasteiger partial charge >= 0.3 is 5.97 Å². The Kier molecular flexibility index (Phi) is 9.13. The molecule has 0 aliphatic heterocycles. The highest BCUT2D eigenvalue weighted by Crippen LogP contribution is 2.24. The van der Waals surface area contributed by atoms with Gasteiger partial charge in [-0.25, -0.2) is 0 Å². The number of aliphatic carboxylic acids is 1. The van der Waals surface area contributed by atoms with Crippen molar-refractivity contribution in [3.8, 4) is 0 Å². The molecule has 5 nitrogen and oxygen atoms in total. The Morgan fingerprint density at radius 2 is 1.64 bits per heavy atom. The molecule has 22 heavy (non-hydrogen) atoms. The van der Waals surface area contributed by atoms with Crippen LogP contribution in [0.5, 0.6) is 0 Å². The lowest BCUT2D eigenvalue weighted by Gasteiger charge is -2.27. The van der Waals surface area contributed by atoms with E-state index in [4.69, 9.17) is 5.11 Å². The molecule has 1 amide bonds. The quantitative estimate of drug-likeness (QED) is 0.650. The second-order valence-electron chi connectivity index (χ2n) is 6.40. The number of carboxylic acids is 1. The molecule has 1 fully saturated rings. The fourth-order valence-electron chi connectivity index (χ4n) is 3.22. The van der Waals surface area contributed by atoms with Crippen LogP contribution in [0.25, 0.3) is 0 Å². The van der Waals surface area contributed by atoms with Gasteiger partial charge in [-0.1, -0.05) is 13.8 Å². The van der Waals surface area contributed by atoms with Crippen LogP contribution in [0, 0.1) is 5.92 Å². The predicted molar refractivity (Wildman–Crippen MR) is 87.8 cm³/mol. The fraction of sp³-hybridized carbons (Fsp3) is 0.882. The van der Waals surface area contributed by atoms with E-state index in [2.05, 4.69) is 24.1 Å². The minimum Gasteiger partial charge on any atom is -0.481 e. The third-order valence-electron chi connectivity index (χ3n) is 4.40. The summed E-state index contributed by atoms with van der Waals surface area (Å²) in [6.45, 7) is 7.57. The van der Waals surface area contributed by atoms with Gasteiger partial charge in [-0.15, -0.1) is 0 Å². The van der Waals surface area contributed by atoms with Crippen molar-refractivity contribution in [1.29, 1.82) is 0 Å². The Bertz CT molecular complexity index is 333. The molecule has 0 unspecified atom stereocenters. The summed E-state index contributed by atoms with van der Waals surface area (Å²) in [6.07, 6.45) is 6.72. The molecule has 128 valence electrons. The minimum atomic E-state index is -0.697. The number of amides is 1. The average molecular weight is 312 g/mol. The summed E-state index contributed by atoms with van der Waals surface area (Å²) in [4.78, 5) is 25.3. The highest BCUT2D eigenvalue weighted by molar-refractivity contribution is 5.76. The van der Waals surface area contributed by atoms with E-state index in [0.29, 0.717) is 19.3 Å². The van der Waals surface area contributed by atoms with E-state index < -0.39 is 5.97 Å². The van der Waals surface area contributed by atoms with Crippen molar-refractivity contribution in [3.63, 3.8) is 0 Å². The van der Waals surface area contributed by atoms with E-state index >= 15 is 0 Å². The van der Waals surface area contributed by atoms with E-state index in [9.17, 15) is 9.59 Å². The van der Waals surface area contributed by atoms with Crippen LogP contribution in [0.2, 0.25) is 0 Å². The van der Waals surface area contributed by atoms with Crippen molar-refractivity contribution in [2.24, 2.45) is 5.92 Å². The van der Waals surface area contributed by atoms with Crippen molar-refractivity contribution in [2.75, 3.05) is 19.6 Å². The van der Waals surface area contributed by atoms with Gasteiger partial charge in [0.2, 0.25) is 5.91 Å². The molecular formula is C17H32N2O3. The summed E-state index contributed by atoms with van der Waals surface area (Å²) < 4.78 is 0. The number of hydrogen-bond acceptors (Lipinski definition) is 3. The summed E-state index contributed by atoms with van der Waals surface area (Å²) in [6, 6.07) is 0.172. The van der Waals surface area contributed by atoms with Crippen LogP contribution in [-0.4, -0.2) is 47.6 Å². The molecule has 0 aromatic carbocycles. The van der Waals surface area contributed by atoms with Crippen molar-refractivity contribution >= 4 is 11.9 Å². The highest BCUT2D eigenvalue weighted by Gasteiger charge is 2.26. The van der Waals surface area contributed by atoms with Crippen LogP contribution >= 0.6 is 0 Å². The minimum absolute atomic E-state index is 0.117.